The Kier molecular flexibility index (Phi) is 9.74. The Morgan fingerprint density at radius 3 is 1.94 bits per heavy atom. The van der Waals surface area contributed by atoms with E-state index >= 15 is 0 Å². The minimum absolute atomic E-state index is 0.178. The molecule has 0 heterocycles. The molecular weight excluding hydrogens is 268 g/mol. The second-order valence-corrected chi connectivity index (χ2v) is 11.3. The van der Waals surface area contributed by atoms with Crippen LogP contribution in [0.1, 0.15) is 53.9 Å². The SMILES string of the molecule is CCC[N](/C(C)=C\C(C)=O)[Ga]([CH2]CC)[CH2]CC. The Labute approximate surface area is 113 Å². The molecule has 0 unspecified atom stereocenters. The summed E-state index contributed by atoms with van der Waals surface area (Å²) < 4.78 is 2.61. The number of allylic oxidation sites excluding steroid dienone is 2. The van der Waals surface area contributed by atoms with Crippen molar-refractivity contribution in [3.8, 4) is 0 Å². The van der Waals surface area contributed by atoms with Gasteiger partial charge in [-0.15, -0.1) is 0 Å². The van der Waals surface area contributed by atoms with Gasteiger partial charge in [0.25, 0.3) is 0 Å². The molecule has 0 saturated carbocycles. The second kappa shape index (κ2) is 9.83. The van der Waals surface area contributed by atoms with Crippen molar-refractivity contribution >= 4 is 22.2 Å². The van der Waals surface area contributed by atoms with Crippen molar-refractivity contribution in [3.05, 3.63) is 11.8 Å². The fourth-order valence-corrected chi connectivity index (χ4v) is 9.77. The van der Waals surface area contributed by atoms with Gasteiger partial charge in [-0.25, -0.2) is 0 Å². The van der Waals surface area contributed by atoms with Crippen LogP contribution in [0, 0.1) is 0 Å². The number of carbonyl (C=O) groups is 1. The summed E-state index contributed by atoms with van der Waals surface area (Å²) in [6.07, 6.45) is 5.58. The van der Waals surface area contributed by atoms with Gasteiger partial charge in [-0.2, -0.15) is 0 Å². The van der Waals surface area contributed by atoms with Crippen LogP contribution in [0.4, 0.5) is 0 Å². The van der Waals surface area contributed by atoms with Crippen LogP contribution < -0.4 is 0 Å². The van der Waals surface area contributed by atoms with Crippen molar-refractivity contribution in [1.29, 1.82) is 0 Å². The second-order valence-electron chi connectivity index (χ2n) is 4.82. The van der Waals surface area contributed by atoms with Crippen LogP contribution in [0.25, 0.3) is 0 Å². The molecule has 0 aliphatic carbocycles. The normalized spacial score (nSPS) is 11.5. The van der Waals surface area contributed by atoms with Gasteiger partial charge in [0, 0.05) is 0 Å². The van der Waals surface area contributed by atoms with Crippen molar-refractivity contribution in [2.45, 2.75) is 63.8 Å². The van der Waals surface area contributed by atoms with E-state index in [1.807, 2.05) is 6.08 Å². The zero-order valence-corrected chi connectivity index (χ0v) is 14.7. The van der Waals surface area contributed by atoms with Gasteiger partial charge < -0.3 is 0 Å². The van der Waals surface area contributed by atoms with E-state index in [9.17, 15) is 4.79 Å². The summed E-state index contributed by atoms with van der Waals surface area (Å²) in [5, 5.41) is 0. The number of nitrogens with zero attached hydrogens (tertiary/aromatic N) is 1. The molecule has 0 radical (unpaired) electrons. The van der Waals surface area contributed by atoms with Gasteiger partial charge in [-0.05, 0) is 0 Å². The molecule has 0 spiro atoms. The van der Waals surface area contributed by atoms with Gasteiger partial charge in [-0.1, -0.05) is 0 Å². The Hall–Kier alpha value is -0.154. The monoisotopic (exact) mass is 295 g/mol. The molecule has 0 bridgehead atoms. The molecule has 17 heavy (non-hydrogen) atoms. The van der Waals surface area contributed by atoms with Crippen LogP contribution >= 0.6 is 0 Å². The van der Waals surface area contributed by atoms with Crippen LogP contribution in [-0.2, 0) is 4.79 Å². The molecule has 0 saturated heterocycles. The minimum atomic E-state index is -1.38. The van der Waals surface area contributed by atoms with E-state index in [0.717, 1.165) is 6.54 Å². The van der Waals surface area contributed by atoms with Gasteiger partial charge in [0.2, 0.25) is 0 Å². The topological polar surface area (TPSA) is 20.3 Å². The third-order valence-corrected chi connectivity index (χ3v) is 11.5. The Bertz CT molecular complexity index is 245. The molecular formula is C14H28GaNO. The summed E-state index contributed by atoms with van der Waals surface area (Å²) in [4.78, 5) is 14.0. The van der Waals surface area contributed by atoms with Crippen molar-refractivity contribution in [3.63, 3.8) is 0 Å². The molecule has 3 heteroatoms. The first-order valence-corrected chi connectivity index (χ1v) is 11.5. The van der Waals surface area contributed by atoms with Gasteiger partial charge in [-0.3, -0.25) is 0 Å². The predicted molar refractivity (Wildman–Crippen MR) is 77.4 cm³/mol. The summed E-state index contributed by atoms with van der Waals surface area (Å²) in [5.41, 5.74) is 1.21. The average Bonchev–Trinajstić information content (AvgIpc) is 2.24. The average molecular weight is 296 g/mol. The van der Waals surface area contributed by atoms with E-state index in [4.69, 9.17) is 0 Å². The molecule has 0 fully saturated rings. The van der Waals surface area contributed by atoms with Gasteiger partial charge in [0.05, 0.1) is 0 Å². The van der Waals surface area contributed by atoms with E-state index in [-0.39, 0.29) is 5.78 Å². The molecule has 0 atom stereocenters. The quantitative estimate of drug-likeness (QED) is 0.473. The molecule has 0 aromatic heterocycles. The zero-order valence-electron chi connectivity index (χ0n) is 12.3. The summed E-state index contributed by atoms with van der Waals surface area (Å²) >= 11 is -1.38. The fraction of sp³-hybridized carbons (Fsp3) is 0.786. The van der Waals surface area contributed by atoms with E-state index in [2.05, 4.69) is 31.3 Å². The first-order chi connectivity index (χ1) is 8.06. The maximum atomic E-state index is 11.2. The van der Waals surface area contributed by atoms with E-state index in [0.29, 0.717) is 0 Å². The molecule has 0 aromatic rings. The van der Waals surface area contributed by atoms with E-state index in [1.165, 1.54) is 34.9 Å². The van der Waals surface area contributed by atoms with Crippen LogP contribution in [0.15, 0.2) is 11.8 Å². The zero-order chi connectivity index (χ0) is 13.3. The van der Waals surface area contributed by atoms with E-state index < -0.39 is 16.5 Å². The first kappa shape index (κ1) is 16.8. The molecule has 0 rings (SSSR count). The maximum absolute atomic E-state index is 11.2. The predicted octanol–water partition coefficient (Wildman–Crippen LogP) is 4.00. The Morgan fingerprint density at radius 1 is 1.06 bits per heavy atom. The van der Waals surface area contributed by atoms with Gasteiger partial charge in [0.15, 0.2) is 0 Å². The number of ketones is 1. The van der Waals surface area contributed by atoms with Crippen molar-refractivity contribution in [1.82, 2.24) is 3.61 Å². The van der Waals surface area contributed by atoms with Crippen LogP contribution in [0.5, 0.6) is 0 Å². The Balaban J connectivity index is 4.81. The van der Waals surface area contributed by atoms with Crippen molar-refractivity contribution in [2.24, 2.45) is 0 Å². The standard InChI is InChI=1S/C8H15NO.2C3H7.Ga/c1-4-5-9-7(2)6-8(3)10;2*1-3-2;/h6H,4-5H2,1-3H3,(H,9,10);2*1,3H2,2H3;/q;;;+1/p-1. The molecule has 0 aromatic carbocycles. The summed E-state index contributed by atoms with van der Waals surface area (Å²) in [7, 11) is 0. The molecule has 0 aliphatic heterocycles. The summed E-state index contributed by atoms with van der Waals surface area (Å²) in [6.45, 7) is 11.7. The summed E-state index contributed by atoms with van der Waals surface area (Å²) in [6, 6.07) is 0. The molecule has 0 amide bonds. The number of hydrogen-bond acceptors (Lipinski definition) is 2. The first-order valence-electron chi connectivity index (χ1n) is 7.02. The third-order valence-electron chi connectivity index (χ3n) is 3.01. The molecule has 0 aliphatic rings. The fourth-order valence-electron chi connectivity index (χ4n) is 2.39. The summed E-state index contributed by atoms with van der Waals surface area (Å²) in [5.74, 6) is 0.178. The van der Waals surface area contributed by atoms with Crippen LogP contribution in [0.2, 0.25) is 9.95 Å². The third kappa shape index (κ3) is 6.99. The van der Waals surface area contributed by atoms with E-state index in [1.54, 1.807) is 6.92 Å². The molecule has 98 valence electrons. The van der Waals surface area contributed by atoms with Crippen LogP contribution in [-0.4, -0.2) is 32.4 Å². The van der Waals surface area contributed by atoms with Crippen LogP contribution in [0.3, 0.4) is 0 Å². The van der Waals surface area contributed by atoms with Crippen molar-refractivity contribution in [2.75, 3.05) is 6.54 Å². The van der Waals surface area contributed by atoms with Crippen molar-refractivity contribution < 1.29 is 4.79 Å². The molecule has 0 N–H and O–H groups in total. The van der Waals surface area contributed by atoms with Gasteiger partial charge >= 0.3 is 113 Å². The Morgan fingerprint density at radius 2 is 1.59 bits per heavy atom. The molecule has 2 nitrogen and oxygen atoms in total. The number of carbonyl (C=O) groups excluding carboxylic acids is 1. The van der Waals surface area contributed by atoms with Gasteiger partial charge in [0.1, 0.15) is 0 Å². The number of rotatable bonds is 9. The number of hydrogen-bond donors (Lipinski definition) is 0.